The minimum atomic E-state index is 0.262. The summed E-state index contributed by atoms with van der Waals surface area (Å²) in [6.45, 7) is 4.29. The van der Waals surface area contributed by atoms with Gasteiger partial charge in [-0.15, -0.1) is 0 Å². The van der Waals surface area contributed by atoms with Crippen LogP contribution in [0.2, 0.25) is 0 Å². The molecule has 2 N–H and O–H groups in total. The number of piperazine rings is 1. The van der Waals surface area contributed by atoms with E-state index in [0.717, 1.165) is 43.6 Å². The van der Waals surface area contributed by atoms with E-state index in [1.54, 1.807) is 4.40 Å². The van der Waals surface area contributed by atoms with Crippen molar-refractivity contribution in [3.63, 3.8) is 0 Å². The van der Waals surface area contributed by atoms with Crippen molar-refractivity contribution in [1.82, 2.24) is 14.3 Å². The van der Waals surface area contributed by atoms with Gasteiger partial charge in [-0.3, -0.25) is 9.20 Å². The minimum Gasteiger partial charge on any atom is -0.382 e. The van der Waals surface area contributed by atoms with Crippen molar-refractivity contribution in [3.05, 3.63) is 48.3 Å². The van der Waals surface area contributed by atoms with E-state index in [2.05, 4.69) is 46.1 Å². The second-order valence-corrected chi connectivity index (χ2v) is 7.54. The second kappa shape index (κ2) is 8.02. The zero-order chi connectivity index (χ0) is 19.5. The topological polar surface area (TPSA) is 66.9 Å². The van der Waals surface area contributed by atoms with Gasteiger partial charge in [0.15, 0.2) is 12.1 Å². The fraction of sp³-hybridized carbons (Fsp3) is 0.364. The molecule has 3 aromatic rings. The van der Waals surface area contributed by atoms with E-state index < -0.39 is 0 Å². The Morgan fingerprint density at radius 1 is 0.929 bits per heavy atom. The maximum absolute atomic E-state index is 11.2. The summed E-state index contributed by atoms with van der Waals surface area (Å²) >= 11 is 0. The van der Waals surface area contributed by atoms with Crippen LogP contribution < -0.4 is 10.6 Å². The average molecular weight is 377 g/mol. The van der Waals surface area contributed by atoms with E-state index in [0.29, 0.717) is 11.3 Å². The maximum atomic E-state index is 11.2. The van der Waals surface area contributed by atoms with E-state index >= 15 is 0 Å². The van der Waals surface area contributed by atoms with Gasteiger partial charge in [0, 0.05) is 38.1 Å². The summed E-state index contributed by atoms with van der Waals surface area (Å²) in [4.78, 5) is 20.2. The van der Waals surface area contributed by atoms with Crippen LogP contribution in [0.3, 0.4) is 0 Å². The van der Waals surface area contributed by atoms with Crippen LogP contribution in [0.4, 0.5) is 11.5 Å². The van der Waals surface area contributed by atoms with Gasteiger partial charge in [0.1, 0.15) is 11.3 Å². The number of imidazole rings is 1. The van der Waals surface area contributed by atoms with Crippen molar-refractivity contribution in [2.24, 2.45) is 0 Å². The molecule has 0 radical (unpaired) electrons. The van der Waals surface area contributed by atoms with E-state index in [9.17, 15) is 4.79 Å². The smallest absolute Gasteiger partial charge is 0.170 e. The van der Waals surface area contributed by atoms with Crippen molar-refractivity contribution >= 4 is 23.4 Å². The lowest BCUT2D eigenvalue weighted by molar-refractivity contribution is 0.111. The van der Waals surface area contributed by atoms with Gasteiger partial charge >= 0.3 is 0 Å². The zero-order valence-corrected chi connectivity index (χ0v) is 16.3. The number of hydrogen-bond donors (Lipinski definition) is 1. The van der Waals surface area contributed by atoms with E-state index in [1.165, 1.54) is 24.9 Å². The standard InChI is InChI=1S/C19H21N5O.C3H6/c1-22-8-10-23(11-9-22)16-5-2-14(3-6-16)15-4-7-18-21-19(20)17(13-25)24(18)12-15;1-2-3-1/h2-7,12-13H,8-11,20H2,1H3;1-3H2. The molecule has 0 amide bonds. The third-order valence-electron chi connectivity index (χ3n) is 5.22. The summed E-state index contributed by atoms with van der Waals surface area (Å²) in [6, 6.07) is 12.4. The highest BCUT2D eigenvalue weighted by Crippen LogP contribution is 2.25. The lowest BCUT2D eigenvalue weighted by Crippen LogP contribution is -2.44. The number of pyridine rings is 1. The number of nitrogen functional groups attached to an aromatic ring is 1. The predicted octanol–water partition coefficient (Wildman–Crippen LogP) is 3.32. The van der Waals surface area contributed by atoms with Crippen LogP contribution in [0.25, 0.3) is 16.8 Å². The molecule has 2 aromatic heterocycles. The summed E-state index contributed by atoms with van der Waals surface area (Å²) in [5.74, 6) is 0.262. The summed E-state index contributed by atoms with van der Waals surface area (Å²) in [6.07, 6.45) is 7.16. The number of aldehydes is 1. The molecular weight excluding hydrogens is 350 g/mol. The molecule has 1 aromatic carbocycles. The van der Waals surface area contributed by atoms with Crippen molar-refractivity contribution in [2.45, 2.75) is 19.3 Å². The monoisotopic (exact) mass is 377 g/mol. The fourth-order valence-electron chi connectivity index (χ4n) is 3.30. The molecule has 0 unspecified atom stereocenters. The molecular formula is C22H27N5O. The first-order valence-electron chi connectivity index (χ1n) is 9.92. The molecule has 0 bridgehead atoms. The van der Waals surface area contributed by atoms with E-state index in [4.69, 9.17) is 5.73 Å². The number of anilines is 2. The highest BCUT2D eigenvalue weighted by molar-refractivity contribution is 5.82. The summed E-state index contributed by atoms with van der Waals surface area (Å²) in [5.41, 5.74) is 10.2. The Balaban J connectivity index is 0.000000586. The van der Waals surface area contributed by atoms with Gasteiger partial charge in [0.2, 0.25) is 0 Å². The molecule has 0 atom stereocenters. The molecule has 6 nitrogen and oxygen atoms in total. The van der Waals surface area contributed by atoms with Crippen molar-refractivity contribution in [3.8, 4) is 11.1 Å². The molecule has 1 saturated carbocycles. The highest BCUT2D eigenvalue weighted by atomic mass is 16.1. The molecule has 3 heterocycles. The Morgan fingerprint density at radius 2 is 1.57 bits per heavy atom. The number of hydrogen-bond acceptors (Lipinski definition) is 5. The second-order valence-electron chi connectivity index (χ2n) is 7.54. The Kier molecular flexibility index (Phi) is 5.30. The number of likely N-dealkylation sites (N-methyl/N-ethyl adjacent to an activating group) is 1. The number of nitrogens with zero attached hydrogens (tertiary/aromatic N) is 4. The number of benzene rings is 1. The number of fused-ring (bicyclic) bond motifs is 1. The van der Waals surface area contributed by atoms with Crippen LogP contribution in [0, 0.1) is 0 Å². The molecule has 1 aliphatic heterocycles. The summed E-state index contributed by atoms with van der Waals surface area (Å²) in [5, 5.41) is 0. The van der Waals surface area contributed by atoms with Crippen molar-refractivity contribution in [1.29, 1.82) is 0 Å². The van der Waals surface area contributed by atoms with Crippen LogP contribution >= 0.6 is 0 Å². The van der Waals surface area contributed by atoms with Gasteiger partial charge in [0.05, 0.1) is 0 Å². The van der Waals surface area contributed by atoms with Gasteiger partial charge in [-0.05, 0) is 42.4 Å². The molecule has 1 saturated heterocycles. The van der Waals surface area contributed by atoms with Gasteiger partial charge in [0.25, 0.3) is 0 Å². The number of carbonyl (C=O) groups is 1. The van der Waals surface area contributed by atoms with Crippen molar-refractivity contribution < 1.29 is 4.79 Å². The van der Waals surface area contributed by atoms with Gasteiger partial charge in [-0.25, -0.2) is 4.98 Å². The number of nitrogens with two attached hydrogens (primary N) is 1. The first-order chi connectivity index (χ1) is 13.7. The average Bonchev–Trinajstić information content (AvgIpc) is 3.57. The van der Waals surface area contributed by atoms with Crippen molar-refractivity contribution in [2.75, 3.05) is 43.9 Å². The SMILES string of the molecule is C1CC1.CN1CCN(c2ccc(-c3ccc4nc(N)c(C=O)n4c3)cc2)CC1. The number of carbonyl (C=O) groups excluding carboxylic acids is 1. The molecule has 1 aliphatic carbocycles. The first-order valence-corrected chi connectivity index (χ1v) is 9.92. The first kappa shape index (κ1) is 18.5. The fourth-order valence-corrected chi connectivity index (χ4v) is 3.30. The lowest BCUT2D eigenvalue weighted by atomic mass is 10.1. The third kappa shape index (κ3) is 4.02. The molecule has 6 heteroatoms. The summed E-state index contributed by atoms with van der Waals surface area (Å²) < 4.78 is 1.74. The van der Waals surface area contributed by atoms with Crippen LogP contribution in [0.1, 0.15) is 29.8 Å². The maximum Gasteiger partial charge on any atom is 0.170 e. The summed E-state index contributed by atoms with van der Waals surface area (Å²) in [7, 11) is 2.16. The van der Waals surface area contributed by atoms with Gasteiger partial charge in [-0.1, -0.05) is 31.4 Å². The molecule has 0 spiro atoms. The molecule has 2 fully saturated rings. The largest absolute Gasteiger partial charge is 0.382 e. The van der Waals surface area contributed by atoms with Crippen LogP contribution in [-0.2, 0) is 0 Å². The number of rotatable bonds is 3. The molecule has 146 valence electrons. The quantitative estimate of drug-likeness (QED) is 0.709. The van der Waals surface area contributed by atoms with Crippen LogP contribution in [-0.4, -0.2) is 53.8 Å². The molecule has 2 aliphatic rings. The van der Waals surface area contributed by atoms with E-state index in [-0.39, 0.29) is 5.82 Å². The number of aromatic nitrogens is 2. The Labute approximate surface area is 165 Å². The molecule has 5 rings (SSSR count). The third-order valence-corrected chi connectivity index (χ3v) is 5.22. The van der Waals surface area contributed by atoms with Gasteiger partial charge < -0.3 is 15.5 Å². The van der Waals surface area contributed by atoms with Gasteiger partial charge in [-0.2, -0.15) is 0 Å². The Morgan fingerprint density at radius 3 is 2.18 bits per heavy atom. The lowest BCUT2D eigenvalue weighted by Gasteiger charge is -2.34. The highest BCUT2D eigenvalue weighted by Gasteiger charge is 2.14. The van der Waals surface area contributed by atoms with Crippen LogP contribution in [0.15, 0.2) is 42.6 Å². The predicted molar refractivity (Wildman–Crippen MR) is 114 cm³/mol. The van der Waals surface area contributed by atoms with E-state index in [1.807, 2.05) is 18.3 Å². The Bertz CT molecular complexity index is 950. The Hall–Kier alpha value is -2.86. The normalized spacial score (nSPS) is 16.5. The zero-order valence-electron chi connectivity index (χ0n) is 16.3. The minimum absolute atomic E-state index is 0.262. The molecule has 28 heavy (non-hydrogen) atoms. The van der Waals surface area contributed by atoms with Crippen LogP contribution in [0.5, 0.6) is 0 Å².